The third kappa shape index (κ3) is 4.63. The van der Waals surface area contributed by atoms with Crippen LogP contribution in [-0.4, -0.2) is 28.8 Å². The summed E-state index contributed by atoms with van der Waals surface area (Å²) in [4.78, 5) is 32.4. The van der Waals surface area contributed by atoms with Crippen LogP contribution in [0.25, 0.3) is 0 Å². The highest BCUT2D eigenvalue weighted by Crippen LogP contribution is 2.29. The number of benzene rings is 2. The molecule has 0 saturated carbocycles. The van der Waals surface area contributed by atoms with E-state index in [-0.39, 0.29) is 17.4 Å². The maximum atomic E-state index is 12.5. The number of aromatic nitrogens is 2. The van der Waals surface area contributed by atoms with Crippen molar-refractivity contribution in [2.24, 2.45) is 0 Å². The SMILES string of the molecule is COc1ccc(Cl)cc1Nc1nccc(C(=O)Nc2cccc(C(C)=O)c2)n1. The predicted octanol–water partition coefficient (Wildman–Crippen LogP) is 4.34. The van der Waals surface area contributed by atoms with Gasteiger partial charge in [0.05, 0.1) is 12.8 Å². The predicted molar refractivity (Wildman–Crippen MR) is 108 cm³/mol. The van der Waals surface area contributed by atoms with Gasteiger partial charge in [0.25, 0.3) is 5.91 Å². The van der Waals surface area contributed by atoms with Gasteiger partial charge in [0, 0.05) is 22.5 Å². The number of carbonyl (C=O) groups is 2. The van der Waals surface area contributed by atoms with Crippen molar-refractivity contribution in [3.8, 4) is 5.75 Å². The van der Waals surface area contributed by atoms with Gasteiger partial charge in [-0.3, -0.25) is 9.59 Å². The smallest absolute Gasteiger partial charge is 0.274 e. The second kappa shape index (κ2) is 8.49. The Bertz CT molecular complexity index is 1040. The van der Waals surface area contributed by atoms with Gasteiger partial charge in [-0.15, -0.1) is 0 Å². The third-order valence-electron chi connectivity index (χ3n) is 3.82. The highest BCUT2D eigenvalue weighted by atomic mass is 35.5. The minimum absolute atomic E-state index is 0.0832. The Kier molecular flexibility index (Phi) is 5.86. The van der Waals surface area contributed by atoms with Crippen LogP contribution in [0, 0.1) is 0 Å². The molecule has 0 aliphatic carbocycles. The van der Waals surface area contributed by atoms with E-state index in [1.165, 1.54) is 26.3 Å². The van der Waals surface area contributed by atoms with E-state index in [1.807, 2.05) is 0 Å². The number of Topliss-reactive ketones (excluding diaryl/α,β-unsaturated/α-hetero) is 1. The van der Waals surface area contributed by atoms with Crippen LogP contribution < -0.4 is 15.4 Å². The maximum absolute atomic E-state index is 12.5. The summed E-state index contributed by atoms with van der Waals surface area (Å²) in [6.07, 6.45) is 1.47. The number of amides is 1. The van der Waals surface area contributed by atoms with E-state index < -0.39 is 5.91 Å². The number of nitrogens with one attached hydrogen (secondary N) is 2. The van der Waals surface area contributed by atoms with Crippen LogP contribution in [0.4, 0.5) is 17.3 Å². The van der Waals surface area contributed by atoms with Crippen LogP contribution in [0.1, 0.15) is 27.8 Å². The van der Waals surface area contributed by atoms with Gasteiger partial charge in [-0.2, -0.15) is 0 Å². The van der Waals surface area contributed by atoms with E-state index in [2.05, 4.69) is 20.6 Å². The molecule has 3 rings (SSSR count). The van der Waals surface area contributed by atoms with Gasteiger partial charge >= 0.3 is 0 Å². The van der Waals surface area contributed by atoms with Crippen molar-refractivity contribution in [3.63, 3.8) is 0 Å². The average Bonchev–Trinajstić information content (AvgIpc) is 2.68. The standard InChI is InChI=1S/C20H17ClN4O3/c1-12(26)13-4-3-5-15(10-13)23-19(27)16-8-9-22-20(24-16)25-17-11-14(21)6-7-18(17)28-2/h3-11H,1-2H3,(H,23,27)(H,22,24,25). The lowest BCUT2D eigenvalue weighted by Crippen LogP contribution is -2.15. The molecule has 2 N–H and O–H groups in total. The van der Waals surface area contributed by atoms with E-state index >= 15 is 0 Å². The molecule has 0 spiro atoms. The largest absolute Gasteiger partial charge is 0.495 e. The van der Waals surface area contributed by atoms with Crippen LogP contribution in [0.15, 0.2) is 54.7 Å². The van der Waals surface area contributed by atoms with Crippen molar-refractivity contribution in [2.75, 3.05) is 17.7 Å². The van der Waals surface area contributed by atoms with Crippen LogP contribution >= 0.6 is 11.6 Å². The molecule has 0 fully saturated rings. The number of carbonyl (C=O) groups excluding carboxylic acids is 2. The molecular formula is C20H17ClN4O3. The zero-order chi connectivity index (χ0) is 20.1. The lowest BCUT2D eigenvalue weighted by Gasteiger charge is -2.11. The summed E-state index contributed by atoms with van der Waals surface area (Å²) in [6, 6.07) is 13.3. The Morgan fingerprint density at radius 3 is 2.68 bits per heavy atom. The quantitative estimate of drug-likeness (QED) is 0.602. The summed E-state index contributed by atoms with van der Waals surface area (Å²) in [5.41, 5.74) is 1.74. The Labute approximate surface area is 166 Å². The zero-order valence-corrected chi connectivity index (χ0v) is 15.9. The Hall–Kier alpha value is -3.45. The minimum Gasteiger partial charge on any atom is -0.495 e. The van der Waals surface area contributed by atoms with E-state index in [1.54, 1.807) is 42.5 Å². The van der Waals surface area contributed by atoms with Crippen LogP contribution in [-0.2, 0) is 0 Å². The third-order valence-corrected chi connectivity index (χ3v) is 4.06. The molecule has 2 aromatic carbocycles. The molecule has 0 atom stereocenters. The maximum Gasteiger partial charge on any atom is 0.274 e. The van der Waals surface area contributed by atoms with E-state index in [0.717, 1.165) is 0 Å². The molecule has 0 saturated heterocycles. The van der Waals surface area contributed by atoms with E-state index in [0.29, 0.717) is 27.7 Å². The highest BCUT2D eigenvalue weighted by Gasteiger charge is 2.12. The first-order valence-electron chi connectivity index (χ1n) is 8.32. The fraction of sp³-hybridized carbons (Fsp3) is 0.100. The topological polar surface area (TPSA) is 93.2 Å². The van der Waals surface area contributed by atoms with Gasteiger partial charge in [-0.05, 0) is 43.3 Å². The Balaban J connectivity index is 1.79. The summed E-state index contributed by atoms with van der Waals surface area (Å²) < 4.78 is 5.28. The van der Waals surface area contributed by atoms with Gasteiger partial charge in [0.1, 0.15) is 11.4 Å². The number of nitrogens with zero attached hydrogens (tertiary/aromatic N) is 2. The van der Waals surface area contributed by atoms with Gasteiger partial charge in [0.2, 0.25) is 5.95 Å². The van der Waals surface area contributed by atoms with Crippen LogP contribution in [0.5, 0.6) is 5.75 Å². The molecular weight excluding hydrogens is 380 g/mol. The average molecular weight is 397 g/mol. The zero-order valence-electron chi connectivity index (χ0n) is 15.2. The monoisotopic (exact) mass is 396 g/mol. The number of rotatable bonds is 6. The molecule has 1 heterocycles. The van der Waals surface area contributed by atoms with Crippen molar-refractivity contribution < 1.29 is 14.3 Å². The van der Waals surface area contributed by atoms with E-state index in [9.17, 15) is 9.59 Å². The number of hydrogen-bond acceptors (Lipinski definition) is 6. The second-order valence-electron chi connectivity index (χ2n) is 5.83. The summed E-state index contributed by atoms with van der Waals surface area (Å²) in [7, 11) is 1.54. The normalized spacial score (nSPS) is 10.2. The molecule has 1 amide bonds. The molecule has 0 unspecified atom stereocenters. The van der Waals surface area contributed by atoms with Crippen molar-refractivity contribution in [1.29, 1.82) is 0 Å². The second-order valence-corrected chi connectivity index (χ2v) is 6.26. The van der Waals surface area contributed by atoms with Crippen molar-refractivity contribution in [2.45, 2.75) is 6.92 Å². The number of ketones is 1. The first-order valence-corrected chi connectivity index (χ1v) is 8.70. The van der Waals surface area contributed by atoms with Crippen LogP contribution in [0.3, 0.4) is 0 Å². The number of ether oxygens (including phenoxy) is 1. The number of anilines is 3. The minimum atomic E-state index is -0.427. The molecule has 0 aliphatic heterocycles. The van der Waals surface area contributed by atoms with Gasteiger partial charge in [-0.25, -0.2) is 9.97 Å². The van der Waals surface area contributed by atoms with Crippen LogP contribution in [0.2, 0.25) is 5.02 Å². The Morgan fingerprint density at radius 2 is 1.93 bits per heavy atom. The van der Waals surface area contributed by atoms with E-state index in [4.69, 9.17) is 16.3 Å². The van der Waals surface area contributed by atoms with Gasteiger partial charge < -0.3 is 15.4 Å². The molecule has 0 radical (unpaired) electrons. The highest BCUT2D eigenvalue weighted by molar-refractivity contribution is 6.31. The first kappa shape index (κ1) is 19.3. The summed E-state index contributed by atoms with van der Waals surface area (Å²) in [5, 5.41) is 6.23. The number of methoxy groups -OCH3 is 1. The molecule has 28 heavy (non-hydrogen) atoms. The van der Waals surface area contributed by atoms with Crippen molar-refractivity contribution >= 4 is 40.6 Å². The number of halogens is 1. The molecule has 1 aromatic heterocycles. The summed E-state index contributed by atoms with van der Waals surface area (Å²) in [5.74, 6) is 0.263. The Morgan fingerprint density at radius 1 is 1.11 bits per heavy atom. The molecule has 3 aromatic rings. The van der Waals surface area contributed by atoms with Crippen molar-refractivity contribution in [3.05, 3.63) is 71.0 Å². The number of hydrogen-bond donors (Lipinski definition) is 2. The lowest BCUT2D eigenvalue weighted by molar-refractivity contribution is 0.100. The molecule has 7 nitrogen and oxygen atoms in total. The van der Waals surface area contributed by atoms with Gasteiger partial charge in [0.15, 0.2) is 5.78 Å². The molecule has 142 valence electrons. The molecule has 0 aliphatic rings. The molecule has 8 heteroatoms. The lowest BCUT2D eigenvalue weighted by atomic mass is 10.1. The van der Waals surface area contributed by atoms with Gasteiger partial charge in [-0.1, -0.05) is 23.7 Å². The summed E-state index contributed by atoms with van der Waals surface area (Å²) in [6.45, 7) is 1.47. The fourth-order valence-corrected chi connectivity index (χ4v) is 2.63. The molecule has 0 bridgehead atoms. The first-order chi connectivity index (χ1) is 13.5. The van der Waals surface area contributed by atoms with Crippen molar-refractivity contribution in [1.82, 2.24) is 9.97 Å². The summed E-state index contributed by atoms with van der Waals surface area (Å²) >= 11 is 6.02. The fourth-order valence-electron chi connectivity index (χ4n) is 2.45.